The minimum Gasteiger partial charge on any atom is -0.393 e. The topological polar surface area (TPSA) is 56.7 Å². The molecule has 0 spiro atoms. The lowest BCUT2D eigenvalue weighted by Gasteiger charge is -2.28. The van der Waals surface area contributed by atoms with Gasteiger partial charge in [-0.3, -0.25) is 4.99 Å². The molecule has 0 saturated heterocycles. The zero-order valence-electron chi connectivity index (χ0n) is 15.4. The zero-order valence-corrected chi connectivity index (χ0v) is 17.7. The largest absolute Gasteiger partial charge is 0.393 e. The number of hydrogen-bond donors (Lipinski definition) is 3. The highest BCUT2D eigenvalue weighted by Crippen LogP contribution is 2.24. The minimum atomic E-state index is -0.243. The van der Waals surface area contributed by atoms with E-state index in [1.165, 1.54) is 6.07 Å². The van der Waals surface area contributed by atoms with Crippen molar-refractivity contribution in [2.45, 2.75) is 64.0 Å². The fourth-order valence-corrected chi connectivity index (χ4v) is 3.01. The highest BCUT2D eigenvalue weighted by atomic mass is 127. The molecule has 1 aromatic rings. The molecule has 2 rings (SSSR count). The molecular weight excluding hydrogens is 432 g/mol. The Balaban J connectivity index is 0.00000312. The highest BCUT2D eigenvalue weighted by molar-refractivity contribution is 14.0. The first kappa shape index (κ1) is 22.2. The van der Waals surface area contributed by atoms with Crippen LogP contribution in [0.4, 0.5) is 4.39 Å². The van der Waals surface area contributed by atoms with Gasteiger partial charge in [-0.1, -0.05) is 26.0 Å². The molecule has 1 fully saturated rings. The minimum absolute atomic E-state index is 0. The number of benzene rings is 1. The van der Waals surface area contributed by atoms with Gasteiger partial charge in [0.05, 0.1) is 12.6 Å². The second kappa shape index (κ2) is 10.3. The number of halogens is 2. The predicted octanol–water partition coefficient (Wildman–Crippen LogP) is 3.58. The van der Waals surface area contributed by atoms with Crippen LogP contribution in [0.3, 0.4) is 0 Å². The van der Waals surface area contributed by atoms with E-state index in [9.17, 15) is 9.50 Å². The average molecular weight is 463 g/mol. The first-order valence-corrected chi connectivity index (χ1v) is 8.89. The van der Waals surface area contributed by atoms with Gasteiger partial charge in [0.25, 0.3) is 0 Å². The lowest BCUT2D eigenvalue weighted by molar-refractivity contribution is 0.120. The van der Waals surface area contributed by atoms with Crippen LogP contribution < -0.4 is 10.6 Å². The van der Waals surface area contributed by atoms with Gasteiger partial charge in [0.1, 0.15) is 5.82 Å². The maximum Gasteiger partial charge on any atom is 0.191 e. The maximum absolute atomic E-state index is 13.5. The van der Waals surface area contributed by atoms with Crippen LogP contribution in [0.5, 0.6) is 0 Å². The van der Waals surface area contributed by atoms with Crippen LogP contribution in [0, 0.1) is 5.82 Å². The molecule has 1 aliphatic carbocycles. The molecule has 0 aliphatic heterocycles. The van der Waals surface area contributed by atoms with Crippen molar-refractivity contribution in [1.29, 1.82) is 0 Å². The number of rotatable bonds is 5. The first-order chi connectivity index (χ1) is 11.4. The molecule has 1 aromatic carbocycles. The molecule has 1 saturated carbocycles. The van der Waals surface area contributed by atoms with Crippen molar-refractivity contribution >= 4 is 29.9 Å². The van der Waals surface area contributed by atoms with Gasteiger partial charge in [0.2, 0.25) is 0 Å². The van der Waals surface area contributed by atoms with Crippen molar-refractivity contribution in [3.8, 4) is 0 Å². The SMILES string of the molecule is CCNC(=NCC(C)(C)c1cccc(F)c1)NC1CCC(O)CC1.I. The standard InChI is InChI=1S/C19H30FN3O.HI/c1-4-21-18(23-16-8-10-17(24)11-9-16)22-13-19(2,3)14-6-5-7-15(20)12-14;/h5-7,12,16-17,24H,4,8-11,13H2,1-3H3,(H2,21,22,23);1H. The molecular formula is C19H31FIN3O. The van der Waals surface area contributed by atoms with Crippen LogP contribution >= 0.6 is 24.0 Å². The van der Waals surface area contributed by atoms with E-state index in [1.54, 1.807) is 12.1 Å². The normalized spacial score (nSPS) is 21.4. The third kappa shape index (κ3) is 7.09. The second-order valence-corrected chi connectivity index (χ2v) is 7.24. The summed E-state index contributed by atoms with van der Waals surface area (Å²) in [5.41, 5.74) is 0.704. The molecule has 0 bridgehead atoms. The Morgan fingerprint density at radius 2 is 1.96 bits per heavy atom. The van der Waals surface area contributed by atoms with E-state index in [4.69, 9.17) is 4.99 Å². The Bertz CT molecular complexity index is 557. The number of hydrogen-bond acceptors (Lipinski definition) is 2. The number of guanidine groups is 1. The molecule has 0 unspecified atom stereocenters. The lowest BCUT2D eigenvalue weighted by Crippen LogP contribution is -2.45. The predicted molar refractivity (Wildman–Crippen MR) is 112 cm³/mol. The van der Waals surface area contributed by atoms with E-state index >= 15 is 0 Å². The number of nitrogens with one attached hydrogen (secondary N) is 2. The molecule has 0 aromatic heterocycles. The van der Waals surface area contributed by atoms with Crippen LogP contribution in [0.1, 0.15) is 52.0 Å². The third-order valence-corrected chi connectivity index (χ3v) is 4.62. The molecule has 6 heteroatoms. The Morgan fingerprint density at radius 3 is 2.56 bits per heavy atom. The molecule has 0 atom stereocenters. The van der Waals surface area contributed by atoms with Crippen LogP contribution in [0.25, 0.3) is 0 Å². The number of nitrogens with zero attached hydrogens (tertiary/aromatic N) is 1. The fourth-order valence-electron chi connectivity index (χ4n) is 3.01. The summed E-state index contributed by atoms with van der Waals surface area (Å²) in [6, 6.07) is 7.09. The molecule has 25 heavy (non-hydrogen) atoms. The van der Waals surface area contributed by atoms with E-state index in [2.05, 4.69) is 24.5 Å². The summed E-state index contributed by atoms with van der Waals surface area (Å²) in [4.78, 5) is 4.71. The summed E-state index contributed by atoms with van der Waals surface area (Å²) in [5, 5.41) is 16.4. The summed E-state index contributed by atoms with van der Waals surface area (Å²) >= 11 is 0. The van der Waals surface area contributed by atoms with Crippen LogP contribution in [0.15, 0.2) is 29.3 Å². The number of aliphatic hydroxyl groups excluding tert-OH is 1. The summed E-state index contributed by atoms with van der Waals surface area (Å²) < 4.78 is 13.5. The quantitative estimate of drug-likeness (QED) is 0.356. The van der Waals surface area contributed by atoms with Gasteiger partial charge in [-0.05, 0) is 50.3 Å². The number of aliphatic hydroxyl groups is 1. The van der Waals surface area contributed by atoms with Crippen molar-refractivity contribution in [3.05, 3.63) is 35.6 Å². The molecule has 0 radical (unpaired) electrons. The van der Waals surface area contributed by atoms with Crippen molar-refractivity contribution in [2.75, 3.05) is 13.1 Å². The molecule has 4 nitrogen and oxygen atoms in total. The Labute approximate surface area is 167 Å². The average Bonchev–Trinajstić information content (AvgIpc) is 2.55. The van der Waals surface area contributed by atoms with Gasteiger partial charge in [-0.25, -0.2) is 4.39 Å². The molecule has 0 heterocycles. The lowest BCUT2D eigenvalue weighted by atomic mass is 9.85. The monoisotopic (exact) mass is 463 g/mol. The van der Waals surface area contributed by atoms with Gasteiger partial charge in [0, 0.05) is 18.0 Å². The number of aliphatic imine (C=N–C) groups is 1. The second-order valence-electron chi connectivity index (χ2n) is 7.24. The van der Waals surface area contributed by atoms with Crippen LogP contribution in [0.2, 0.25) is 0 Å². The smallest absolute Gasteiger partial charge is 0.191 e. The summed E-state index contributed by atoms with van der Waals surface area (Å²) in [6.07, 6.45) is 3.43. The van der Waals surface area contributed by atoms with E-state index in [0.29, 0.717) is 12.6 Å². The van der Waals surface area contributed by atoms with Gasteiger partial charge in [-0.2, -0.15) is 0 Å². The van der Waals surface area contributed by atoms with Gasteiger partial charge < -0.3 is 15.7 Å². The fraction of sp³-hybridized carbons (Fsp3) is 0.632. The Hall–Kier alpha value is -0.890. The van der Waals surface area contributed by atoms with E-state index in [1.807, 2.05) is 13.0 Å². The molecule has 3 N–H and O–H groups in total. The molecule has 142 valence electrons. The molecule has 1 aliphatic rings. The van der Waals surface area contributed by atoms with Crippen LogP contribution in [-0.2, 0) is 5.41 Å². The Morgan fingerprint density at radius 1 is 1.28 bits per heavy atom. The van der Waals surface area contributed by atoms with Crippen molar-refractivity contribution in [2.24, 2.45) is 4.99 Å². The van der Waals surface area contributed by atoms with Crippen molar-refractivity contribution in [3.63, 3.8) is 0 Å². The van der Waals surface area contributed by atoms with Gasteiger partial charge in [-0.15, -0.1) is 24.0 Å². The van der Waals surface area contributed by atoms with Gasteiger partial charge >= 0.3 is 0 Å². The third-order valence-electron chi connectivity index (χ3n) is 4.62. The van der Waals surface area contributed by atoms with Gasteiger partial charge in [0.15, 0.2) is 5.96 Å². The van der Waals surface area contributed by atoms with E-state index in [-0.39, 0.29) is 41.3 Å². The summed E-state index contributed by atoms with van der Waals surface area (Å²) in [6.45, 7) is 7.56. The Kier molecular flexibility index (Phi) is 9.13. The van der Waals surface area contributed by atoms with E-state index in [0.717, 1.165) is 43.8 Å². The summed E-state index contributed by atoms with van der Waals surface area (Å²) in [5.74, 6) is 0.582. The van der Waals surface area contributed by atoms with Crippen molar-refractivity contribution < 1.29 is 9.50 Å². The van der Waals surface area contributed by atoms with Crippen molar-refractivity contribution in [1.82, 2.24) is 10.6 Å². The summed E-state index contributed by atoms with van der Waals surface area (Å²) in [7, 11) is 0. The highest BCUT2D eigenvalue weighted by Gasteiger charge is 2.23. The first-order valence-electron chi connectivity index (χ1n) is 8.89. The zero-order chi connectivity index (χ0) is 17.6. The maximum atomic E-state index is 13.5. The van der Waals surface area contributed by atoms with E-state index < -0.39 is 0 Å². The molecule has 0 amide bonds. The van der Waals surface area contributed by atoms with Crippen LogP contribution in [-0.4, -0.2) is 36.3 Å².